The van der Waals surface area contributed by atoms with Gasteiger partial charge in [0.25, 0.3) is 0 Å². The predicted octanol–water partition coefficient (Wildman–Crippen LogP) is -0.619. The van der Waals surface area contributed by atoms with Gasteiger partial charge in [-0.2, -0.15) is 0 Å². The maximum atomic E-state index is 10.7. The Morgan fingerprint density at radius 2 is 1.16 bits per heavy atom. The molecule has 2 fully saturated rings. The number of allylic oxidation sites excluding steroid dienone is 4. The van der Waals surface area contributed by atoms with Gasteiger partial charge in [-0.3, -0.25) is 0 Å². The highest BCUT2D eigenvalue weighted by atomic mass is 16.7. The third-order valence-electron chi connectivity index (χ3n) is 8.05. The van der Waals surface area contributed by atoms with Crippen molar-refractivity contribution in [3.8, 4) is 0 Å². The molecular formula is C30H54O13. The molecule has 9 N–H and O–H groups in total. The summed E-state index contributed by atoms with van der Waals surface area (Å²) in [6.07, 6.45) is -6.37. The van der Waals surface area contributed by atoms with Crippen molar-refractivity contribution in [1.82, 2.24) is 0 Å². The Kier molecular flexibility index (Phi) is 15.6. The summed E-state index contributed by atoms with van der Waals surface area (Å²) in [5.41, 5.74) is 0.979. The third-order valence-corrected chi connectivity index (χ3v) is 8.05. The summed E-state index contributed by atoms with van der Waals surface area (Å²) in [7, 11) is 0. The maximum absolute atomic E-state index is 10.7. The monoisotopic (exact) mass is 622 g/mol. The van der Waals surface area contributed by atoms with Gasteiger partial charge in [-0.1, -0.05) is 23.3 Å². The molecule has 0 aliphatic carbocycles. The number of rotatable bonds is 16. The summed E-state index contributed by atoms with van der Waals surface area (Å²) in [4.78, 5) is 0. The quantitative estimate of drug-likeness (QED) is 0.0982. The highest BCUT2D eigenvalue weighted by Gasteiger charge is 2.46. The molecule has 0 aromatic heterocycles. The molecule has 43 heavy (non-hydrogen) atoms. The normalized spacial score (nSPS) is 36.0. The Balaban J connectivity index is 1.78. The molecule has 0 radical (unpaired) electrons. The highest BCUT2D eigenvalue weighted by molar-refractivity contribution is 5.04. The first-order chi connectivity index (χ1) is 20.1. The summed E-state index contributed by atoms with van der Waals surface area (Å²) in [5.74, 6) is 0. The minimum absolute atomic E-state index is 0.304. The van der Waals surface area contributed by atoms with E-state index in [1.807, 2.05) is 20.8 Å². The van der Waals surface area contributed by atoms with Crippen molar-refractivity contribution in [3.63, 3.8) is 0 Å². The molecule has 12 atom stereocenters. The number of hydrogen-bond donors (Lipinski definition) is 9. The predicted molar refractivity (Wildman–Crippen MR) is 154 cm³/mol. The molecule has 0 amide bonds. The van der Waals surface area contributed by atoms with Gasteiger partial charge in [0.2, 0.25) is 0 Å². The molecular weight excluding hydrogens is 568 g/mol. The molecule has 2 aliphatic rings. The van der Waals surface area contributed by atoms with E-state index in [1.165, 1.54) is 5.57 Å². The van der Waals surface area contributed by atoms with Crippen LogP contribution in [0.5, 0.6) is 0 Å². The SMILES string of the molecule is C/C(=C\CCC(C)OC1OC(CO)C(O)C(O)C1O)CC/C=C(\C)CCC(OC1OC(CO)C(O)C(O)C1O)C(C)(C)O. The number of hydrogen-bond acceptors (Lipinski definition) is 13. The van der Waals surface area contributed by atoms with E-state index in [-0.39, 0.29) is 6.10 Å². The first-order valence-electron chi connectivity index (χ1n) is 15.1. The molecule has 252 valence electrons. The van der Waals surface area contributed by atoms with E-state index < -0.39 is 86.3 Å². The van der Waals surface area contributed by atoms with Crippen LogP contribution in [-0.4, -0.2) is 138 Å². The molecule has 0 spiro atoms. The van der Waals surface area contributed by atoms with E-state index in [2.05, 4.69) is 12.2 Å². The van der Waals surface area contributed by atoms with Crippen molar-refractivity contribution in [2.45, 2.75) is 152 Å². The van der Waals surface area contributed by atoms with Crippen molar-refractivity contribution >= 4 is 0 Å². The Morgan fingerprint density at radius 3 is 1.65 bits per heavy atom. The van der Waals surface area contributed by atoms with Gasteiger partial charge in [0.1, 0.15) is 48.8 Å². The van der Waals surface area contributed by atoms with Gasteiger partial charge < -0.3 is 64.9 Å². The lowest BCUT2D eigenvalue weighted by atomic mass is 9.94. The molecule has 2 rings (SSSR count). The van der Waals surface area contributed by atoms with Crippen LogP contribution in [0.15, 0.2) is 23.3 Å². The zero-order valence-electron chi connectivity index (χ0n) is 25.9. The van der Waals surface area contributed by atoms with Gasteiger partial charge in [0, 0.05) is 0 Å². The van der Waals surface area contributed by atoms with Crippen LogP contribution in [-0.2, 0) is 18.9 Å². The fourth-order valence-electron chi connectivity index (χ4n) is 5.08. The summed E-state index contributed by atoms with van der Waals surface area (Å²) in [6.45, 7) is 7.90. The minimum Gasteiger partial charge on any atom is -0.394 e. The second-order valence-electron chi connectivity index (χ2n) is 12.4. The number of aliphatic hydroxyl groups is 9. The second-order valence-corrected chi connectivity index (χ2v) is 12.4. The van der Waals surface area contributed by atoms with Crippen LogP contribution in [0.1, 0.15) is 73.1 Å². The largest absolute Gasteiger partial charge is 0.394 e. The average molecular weight is 623 g/mol. The second kappa shape index (κ2) is 17.6. The number of ether oxygens (including phenoxy) is 4. The highest BCUT2D eigenvalue weighted by Crippen LogP contribution is 2.28. The van der Waals surface area contributed by atoms with Crippen LogP contribution in [0.4, 0.5) is 0 Å². The molecule has 0 aromatic rings. The van der Waals surface area contributed by atoms with Crippen LogP contribution in [0.3, 0.4) is 0 Å². The molecule has 0 aromatic carbocycles. The van der Waals surface area contributed by atoms with Gasteiger partial charge in [0.05, 0.1) is 31.0 Å². The van der Waals surface area contributed by atoms with Gasteiger partial charge in [0.15, 0.2) is 12.6 Å². The summed E-state index contributed by atoms with van der Waals surface area (Å²) in [5, 5.41) is 89.7. The van der Waals surface area contributed by atoms with E-state index >= 15 is 0 Å². The van der Waals surface area contributed by atoms with E-state index in [0.717, 1.165) is 24.8 Å². The molecule has 12 unspecified atom stereocenters. The lowest BCUT2D eigenvalue weighted by molar-refractivity contribution is -0.322. The van der Waals surface area contributed by atoms with Crippen molar-refractivity contribution in [2.24, 2.45) is 0 Å². The van der Waals surface area contributed by atoms with Gasteiger partial charge in [-0.25, -0.2) is 0 Å². The summed E-state index contributed by atoms with van der Waals surface area (Å²) >= 11 is 0. The van der Waals surface area contributed by atoms with Crippen molar-refractivity contribution in [3.05, 3.63) is 23.3 Å². The Labute approximate surface area is 254 Å². The first kappa shape index (κ1) is 38.1. The lowest BCUT2D eigenvalue weighted by Crippen LogP contribution is -2.60. The Hall–Kier alpha value is -1.04. The average Bonchev–Trinajstić information content (AvgIpc) is 2.94. The van der Waals surface area contributed by atoms with Crippen LogP contribution >= 0.6 is 0 Å². The molecule has 13 nitrogen and oxygen atoms in total. The van der Waals surface area contributed by atoms with Gasteiger partial charge in [-0.15, -0.1) is 0 Å². The summed E-state index contributed by atoms with van der Waals surface area (Å²) in [6, 6.07) is 0. The third kappa shape index (κ3) is 11.4. The molecule has 2 heterocycles. The Bertz CT molecular complexity index is 871. The maximum Gasteiger partial charge on any atom is 0.187 e. The standard InChI is InChI=1S/C30H54O13/c1-16(10-7-11-18(3)40-28-26(37)24(35)22(33)19(14-31)41-28)8-6-9-17(2)12-13-21(30(4,5)39)43-29-27(38)25(36)23(34)20(15-32)42-29/h9-10,18-29,31-39H,6-8,11-15H2,1-5H3/b16-10+,17-9+. The zero-order valence-corrected chi connectivity index (χ0v) is 25.9. The molecule has 2 saturated heterocycles. The van der Waals surface area contributed by atoms with Crippen LogP contribution < -0.4 is 0 Å². The van der Waals surface area contributed by atoms with Gasteiger partial charge in [-0.05, 0) is 73.1 Å². The molecule has 0 saturated carbocycles. The van der Waals surface area contributed by atoms with Crippen molar-refractivity contribution < 1.29 is 64.9 Å². The van der Waals surface area contributed by atoms with Gasteiger partial charge >= 0.3 is 0 Å². The van der Waals surface area contributed by atoms with Crippen molar-refractivity contribution in [1.29, 1.82) is 0 Å². The first-order valence-corrected chi connectivity index (χ1v) is 15.1. The fourth-order valence-corrected chi connectivity index (χ4v) is 5.08. The van der Waals surface area contributed by atoms with E-state index in [9.17, 15) is 46.0 Å². The van der Waals surface area contributed by atoms with Crippen LogP contribution in [0.2, 0.25) is 0 Å². The van der Waals surface area contributed by atoms with E-state index in [0.29, 0.717) is 19.3 Å². The Morgan fingerprint density at radius 1 is 0.698 bits per heavy atom. The minimum atomic E-state index is -1.56. The fraction of sp³-hybridized carbons (Fsp3) is 0.867. The summed E-state index contributed by atoms with van der Waals surface area (Å²) < 4.78 is 22.4. The zero-order chi connectivity index (χ0) is 32.5. The molecule has 13 heteroatoms. The van der Waals surface area contributed by atoms with E-state index in [1.54, 1.807) is 13.8 Å². The molecule has 2 aliphatic heterocycles. The van der Waals surface area contributed by atoms with Crippen LogP contribution in [0, 0.1) is 0 Å². The van der Waals surface area contributed by atoms with E-state index in [4.69, 9.17) is 18.9 Å². The lowest BCUT2D eigenvalue weighted by Gasteiger charge is -2.42. The van der Waals surface area contributed by atoms with Crippen molar-refractivity contribution in [2.75, 3.05) is 13.2 Å². The number of aliphatic hydroxyl groups excluding tert-OH is 8. The smallest absolute Gasteiger partial charge is 0.187 e. The molecule has 0 bridgehead atoms. The topological polar surface area (TPSA) is 219 Å². The van der Waals surface area contributed by atoms with Crippen LogP contribution in [0.25, 0.3) is 0 Å².